The highest BCUT2D eigenvalue weighted by Gasteiger charge is 2.15. The fourth-order valence-corrected chi connectivity index (χ4v) is 1.78. The molecule has 0 amide bonds. The summed E-state index contributed by atoms with van der Waals surface area (Å²) in [5.41, 5.74) is 11.5. The molecule has 4 N–H and O–H groups in total. The quantitative estimate of drug-likeness (QED) is 0.363. The molecule has 8 nitrogen and oxygen atoms in total. The Morgan fingerprint density at radius 3 is 2.61 bits per heavy atom. The van der Waals surface area contributed by atoms with Crippen molar-refractivity contribution >= 4 is 17.9 Å². The molecule has 0 aliphatic carbocycles. The molecule has 0 atom stereocenters. The number of hydrogen-bond donors (Lipinski definition) is 2. The zero-order valence-corrected chi connectivity index (χ0v) is 12.1. The van der Waals surface area contributed by atoms with Crippen molar-refractivity contribution in [2.24, 2.45) is 21.7 Å². The predicted octanol–water partition coefficient (Wildman–Crippen LogP) is 1.78. The number of nitrogens with two attached hydrogens (primary N) is 2. The van der Waals surface area contributed by atoms with Crippen LogP contribution in [-0.2, 0) is 6.61 Å². The first-order chi connectivity index (χ1) is 11.1. The van der Waals surface area contributed by atoms with Crippen LogP contribution in [0.1, 0.15) is 11.1 Å². The third-order valence-corrected chi connectivity index (χ3v) is 2.80. The minimum absolute atomic E-state index is 0.158. The van der Waals surface area contributed by atoms with Crippen LogP contribution in [0.15, 0.2) is 58.7 Å². The van der Waals surface area contributed by atoms with Crippen LogP contribution in [0.25, 0.3) is 0 Å². The molecule has 118 valence electrons. The van der Waals surface area contributed by atoms with Crippen LogP contribution in [-0.4, -0.2) is 17.1 Å². The Balaban J connectivity index is 2.18. The summed E-state index contributed by atoms with van der Waals surface area (Å²) in [7, 11) is 0. The molecule has 0 unspecified atom stereocenters. The van der Waals surface area contributed by atoms with Gasteiger partial charge in [-0.1, -0.05) is 30.3 Å². The van der Waals surface area contributed by atoms with Gasteiger partial charge in [-0.3, -0.25) is 10.1 Å². The van der Waals surface area contributed by atoms with Gasteiger partial charge in [0.25, 0.3) is 0 Å². The average Bonchev–Trinajstić information content (AvgIpc) is 2.54. The lowest BCUT2D eigenvalue weighted by atomic mass is 10.2. The fraction of sp³-hybridized carbons (Fsp3) is 0.0667. The Hall–Kier alpha value is -3.42. The topological polar surface area (TPSA) is 129 Å². The molecule has 8 heteroatoms. The number of nitro groups is 1. The van der Waals surface area contributed by atoms with E-state index in [-0.39, 0.29) is 24.0 Å². The number of benzene rings is 2. The first-order valence-corrected chi connectivity index (χ1v) is 6.63. The first kappa shape index (κ1) is 16.0. The van der Waals surface area contributed by atoms with Gasteiger partial charge in [-0.05, 0) is 17.7 Å². The van der Waals surface area contributed by atoms with Gasteiger partial charge in [0, 0.05) is 11.6 Å². The number of ether oxygens (including phenoxy) is 1. The van der Waals surface area contributed by atoms with Crippen molar-refractivity contribution in [3.8, 4) is 5.75 Å². The maximum Gasteiger partial charge on any atom is 0.311 e. The minimum Gasteiger partial charge on any atom is -0.482 e. The normalized spacial score (nSPS) is 10.4. The molecule has 0 aliphatic rings. The van der Waals surface area contributed by atoms with Crippen molar-refractivity contribution in [2.75, 3.05) is 0 Å². The molecule has 2 aromatic rings. The van der Waals surface area contributed by atoms with Crippen LogP contribution < -0.4 is 16.2 Å². The van der Waals surface area contributed by atoms with Crippen LogP contribution in [0.5, 0.6) is 5.75 Å². The van der Waals surface area contributed by atoms with Crippen molar-refractivity contribution in [2.45, 2.75) is 6.61 Å². The van der Waals surface area contributed by atoms with Gasteiger partial charge in [0.2, 0.25) is 5.96 Å². The lowest BCUT2D eigenvalue weighted by Gasteiger charge is -2.07. The summed E-state index contributed by atoms with van der Waals surface area (Å²) in [5.74, 6) is -0.0172. The van der Waals surface area contributed by atoms with E-state index in [9.17, 15) is 10.1 Å². The van der Waals surface area contributed by atoms with E-state index >= 15 is 0 Å². The van der Waals surface area contributed by atoms with Crippen LogP contribution in [0.4, 0.5) is 5.69 Å². The summed E-state index contributed by atoms with van der Waals surface area (Å²) in [6.07, 6.45) is 1.31. The maximum absolute atomic E-state index is 11.2. The first-order valence-electron chi connectivity index (χ1n) is 6.63. The number of nitrogens with zero attached hydrogens (tertiary/aromatic N) is 3. The van der Waals surface area contributed by atoms with Crippen molar-refractivity contribution in [3.05, 3.63) is 69.8 Å². The molecule has 0 saturated carbocycles. The Morgan fingerprint density at radius 2 is 1.96 bits per heavy atom. The minimum atomic E-state index is -0.516. The predicted molar refractivity (Wildman–Crippen MR) is 87.3 cm³/mol. The molecular weight excluding hydrogens is 298 g/mol. The molecule has 0 radical (unpaired) electrons. The summed E-state index contributed by atoms with van der Waals surface area (Å²) >= 11 is 0. The van der Waals surface area contributed by atoms with E-state index in [2.05, 4.69) is 10.2 Å². The van der Waals surface area contributed by atoms with E-state index < -0.39 is 4.92 Å². The molecule has 0 bridgehead atoms. The van der Waals surface area contributed by atoms with Crippen LogP contribution in [0.3, 0.4) is 0 Å². The largest absolute Gasteiger partial charge is 0.482 e. The molecule has 23 heavy (non-hydrogen) atoms. The van der Waals surface area contributed by atoms with Gasteiger partial charge in [0.05, 0.1) is 11.1 Å². The van der Waals surface area contributed by atoms with E-state index in [1.54, 1.807) is 6.07 Å². The Morgan fingerprint density at radius 1 is 1.22 bits per heavy atom. The molecule has 0 heterocycles. The highest BCUT2D eigenvalue weighted by atomic mass is 16.6. The summed E-state index contributed by atoms with van der Waals surface area (Å²) < 4.78 is 5.53. The van der Waals surface area contributed by atoms with E-state index in [1.165, 1.54) is 18.3 Å². The number of guanidine groups is 1. The summed E-state index contributed by atoms with van der Waals surface area (Å²) in [5, 5.41) is 18.2. The second-order valence-electron chi connectivity index (χ2n) is 4.53. The van der Waals surface area contributed by atoms with Crippen molar-refractivity contribution in [3.63, 3.8) is 0 Å². The summed E-state index contributed by atoms with van der Waals surface area (Å²) in [6.45, 7) is 0.239. The summed E-state index contributed by atoms with van der Waals surface area (Å²) in [6, 6.07) is 13.9. The summed E-state index contributed by atoms with van der Waals surface area (Å²) in [4.78, 5) is 10.7. The molecule has 0 aliphatic heterocycles. The molecule has 2 aromatic carbocycles. The zero-order valence-electron chi connectivity index (χ0n) is 12.1. The molecule has 0 fully saturated rings. The van der Waals surface area contributed by atoms with Crippen LogP contribution >= 0.6 is 0 Å². The monoisotopic (exact) mass is 313 g/mol. The molecule has 0 aromatic heterocycles. The van der Waals surface area contributed by atoms with E-state index in [0.717, 1.165) is 5.56 Å². The zero-order chi connectivity index (χ0) is 16.7. The van der Waals surface area contributed by atoms with Gasteiger partial charge in [-0.2, -0.15) is 5.10 Å². The standard InChI is InChI=1S/C15H15N5O3/c16-15(17)19-18-9-12-6-7-14(13(8-12)20(21)22)23-10-11-4-2-1-3-5-11/h1-9H,10H2,(H4,16,17,19). The third kappa shape index (κ3) is 4.81. The van der Waals surface area contributed by atoms with Crippen LogP contribution in [0, 0.1) is 10.1 Å². The number of rotatable bonds is 6. The lowest BCUT2D eigenvalue weighted by Crippen LogP contribution is -2.21. The SMILES string of the molecule is NC(N)=NN=Cc1ccc(OCc2ccccc2)c([N+](=O)[O-])c1. The third-order valence-electron chi connectivity index (χ3n) is 2.80. The van der Waals surface area contributed by atoms with Gasteiger partial charge < -0.3 is 16.2 Å². The van der Waals surface area contributed by atoms with Gasteiger partial charge in [0.1, 0.15) is 6.61 Å². The fourth-order valence-electron chi connectivity index (χ4n) is 1.78. The van der Waals surface area contributed by atoms with Gasteiger partial charge in [-0.25, -0.2) is 0 Å². The second-order valence-corrected chi connectivity index (χ2v) is 4.53. The number of nitro benzene ring substituents is 1. The molecule has 0 spiro atoms. The van der Waals surface area contributed by atoms with E-state index in [1.807, 2.05) is 30.3 Å². The Kier molecular flexibility index (Phi) is 5.24. The maximum atomic E-state index is 11.2. The van der Waals surface area contributed by atoms with E-state index in [4.69, 9.17) is 16.2 Å². The molecular formula is C15H15N5O3. The number of hydrogen-bond acceptors (Lipinski definition) is 5. The highest BCUT2D eigenvalue weighted by Crippen LogP contribution is 2.28. The molecule has 2 rings (SSSR count). The Labute approximate surface area is 132 Å². The smallest absolute Gasteiger partial charge is 0.311 e. The highest BCUT2D eigenvalue weighted by molar-refractivity contribution is 5.83. The second kappa shape index (κ2) is 7.55. The van der Waals surface area contributed by atoms with Gasteiger partial charge in [-0.15, -0.1) is 5.10 Å². The van der Waals surface area contributed by atoms with Crippen molar-refractivity contribution in [1.82, 2.24) is 0 Å². The van der Waals surface area contributed by atoms with Gasteiger partial charge >= 0.3 is 5.69 Å². The van der Waals surface area contributed by atoms with Crippen molar-refractivity contribution < 1.29 is 9.66 Å². The Bertz CT molecular complexity index is 740. The van der Waals surface area contributed by atoms with Crippen LogP contribution in [0.2, 0.25) is 0 Å². The lowest BCUT2D eigenvalue weighted by molar-refractivity contribution is -0.385. The van der Waals surface area contributed by atoms with Gasteiger partial charge in [0.15, 0.2) is 5.75 Å². The average molecular weight is 313 g/mol. The van der Waals surface area contributed by atoms with E-state index in [0.29, 0.717) is 5.56 Å². The van der Waals surface area contributed by atoms with Crippen molar-refractivity contribution in [1.29, 1.82) is 0 Å². The molecule has 0 saturated heterocycles.